The Kier molecular flexibility index (Phi) is 12.9. The maximum Gasteiger partial charge on any atom is 0.351 e. The van der Waals surface area contributed by atoms with Gasteiger partial charge in [-0.25, -0.2) is 18.1 Å². The third kappa shape index (κ3) is 8.31. The Morgan fingerprint density at radius 3 is 1.94 bits per heavy atom. The summed E-state index contributed by atoms with van der Waals surface area (Å²) in [4.78, 5) is 44.0. The predicted molar refractivity (Wildman–Crippen MR) is 200 cm³/mol. The SMILES string of the molecule is [C-]#[N+]C(C(N)=O)=C1Sc2c(OCc3ccccc3)c3c(c(OC(=O)C(CC)CCCC)c2S1)SC(=C(C(=O)OCC)S(=O)(=O)c1ccccc1)S3. The quantitative estimate of drug-likeness (QED) is 0.0724. The van der Waals surface area contributed by atoms with E-state index in [9.17, 15) is 22.8 Å². The van der Waals surface area contributed by atoms with Crippen molar-refractivity contribution in [2.45, 2.75) is 77.5 Å². The number of unbranched alkanes of at least 4 members (excludes halogenated alkanes) is 1. The predicted octanol–water partition coefficient (Wildman–Crippen LogP) is 8.56. The van der Waals surface area contributed by atoms with Gasteiger partial charge in [-0.3, -0.25) is 9.59 Å². The third-order valence-electron chi connectivity index (χ3n) is 7.68. The van der Waals surface area contributed by atoms with Crippen molar-refractivity contribution in [2.75, 3.05) is 6.61 Å². The van der Waals surface area contributed by atoms with Gasteiger partial charge in [0.05, 0.1) is 52.0 Å². The van der Waals surface area contributed by atoms with Gasteiger partial charge >= 0.3 is 11.9 Å². The minimum atomic E-state index is -4.39. The van der Waals surface area contributed by atoms with E-state index in [4.69, 9.17) is 26.5 Å². The second-order valence-electron chi connectivity index (χ2n) is 11.1. The fourth-order valence-electron chi connectivity index (χ4n) is 5.09. The molecule has 1 atom stereocenters. The number of hydrogen-bond donors (Lipinski definition) is 1. The summed E-state index contributed by atoms with van der Waals surface area (Å²) < 4.78 is 46.6. The van der Waals surface area contributed by atoms with Crippen LogP contribution in [0.25, 0.3) is 4.85 Å². The van der Waals surface area contributed by atoms with Crippen LogP contribution in [-0.2, 0) is 35.6 Å². The first-order valence-corrected chi connectivity index (χ1v) is 20.8. The van der Waals surface area contributed by atoms with Gasteiger partial charge in [0.15, 0.2) is 10.7 Å². The van der Waals surface area contributed by atoms with Gasteiger partial charge < -0.3 is 19.9 Å². The Morgan fingerprint density at radius 2 is 1.41 bits per heavy atom. The van der Waals surface area contributed by atoms with Crippen molar-refractivity contribution in [1.29, 1.82) is 0 Å². The molecule has 0 bridgehead atoms. The average molecular weight is 783 g/mol. The van der Waals surface area contributed by atoms with Gasteiger partial charge in [-0.2, -0.15) is 0 Å². The maximum atomic E-state index is 14.1. The number of carbonyl (C=O) groups excluding carboxylic acids is 3. The molecule has 2 aliphatic heterocycles. The van der Waals surface area contributed by atoms with E-state index >= 15 is 0 Å². The molecule has 15 heteroatoms. The zero-order chi connectivity index (χ0) is 36.7. The number of benzene rings is 3. The van der Waals surface area contributed by atoms with Gasteiger partial charge in [0.2, 0.25) is 15.7 Å². The van der Waals surface area contributed by atoms with Crippen LogP contribution in [0.3, 0.4) is 0 Å². The number of fused-ring (bicyclic) bond motifs is 2. The summed E-state index contributed by atoms with van der Waals surface area (Å²) in [6.45, 7) is 13.2. The molecule has 3 aromatic rings. The lowest BCUT2D eigenvalue weighted by molar-refractivity contribution is -0.140. The van der Waals surface area contributed by atoms with Crippen LogP contribution in [0, 0.1) is 12.5 Å². The van der Waals surface area contributed by atoms with E-state index in [2.05, 4.69) is 4.85 Å². The molecule has 0 aromatic heterocycles. The van der Waals surface area contributed by atoms with Crippen molar-refractivity contribution in [3.05, 3.63) is 96.7 Å². The maximum absolute atomic E-state index is 14.1. The van der Waals surface area contributed by atoms with E-state index < -0.39 is 38.5 Å². The molecule has 2 aliphatic rings. The summed E-state index contributed by atoms with van der Waals surface area (Å²) in [6, 6.07) is 17.0. The first-order valence-electron chi connectivity index (χ1n) is 16.0. The van der Waals surface area contributed by atoms with Gasteiger partial charge in [-0.05, 0) is 37.5 Å². The molecule has 3 aromatic carbocycles. The van der Waals surface area contributed by atoms with Crippen molar-refractivity contribution >= 4 is 74.7 Å². The number of carbonyl (C=O) groups is 3. The highest BCUT2D eigenvalue weighted by Crippen LogP contribution is 2.69. The molecule has 0 spiro atoms. The smallest absolute Gasteiger partial charge is 0.351 e. The molecular formula is C36H34N2O8S5. The van der Waals surface area contributed by atoms with Crippen molar-refractivity contribution in [3.8, 4) is 11.5 Å². The van der Waals surface area contributed by atoms with Crippen molar-refractivity contribution in [1.82, 2.24) is 0 Å². The molecule has 0 saturated carbocycles. The molecule has 51 heavy (non-hydrogen) atoms. The second kappa shape index (κ2) is 17.1. The van der Waals surface area contributed by atoms with Crippen molar-refractivity contribution < 1.29 is 37.0 Å². The number of esters is 2. The number of thioether (sulfide) groups is 4. The second-order valence-corrected chi connectivity index (χ2v) is 17.6. The molecular weight excluding hydrogens is 749 g/mol. The van der Waals surface area contributed by atoms with Crippen LogP contribution in [0.5, 0.6) is 11.5 Å². The van der Waals surface area contributed by atoms with E-state index in [1.54, 1.807) is 25.1 Å². The Labute approximate surface area is 314 Å². The molecule has 266 valence electrons. The third-order valence-corrected chi connectivity index (χ3v) is 14.9. The lowest BCUT2D eigenvalue weighted by Crippen LogP contribution is -2.20. The van der Waals surface area contributed by atoms with Gasteiger partial charge in [-0.15, -0.1) is 0 Å². The molecule has 0 radical (unpaired) electrons. The molecule has 10 nitrogen and oxygen atoms in total. The van der Waals surface area contributed by atoms with Crippen molar-refractivity contribution in [3.63, 3.8) is 0 Å². The minimum Gasteiger partial charge on any atom is -0.486 e. The van der Waals surface area contributed by atoms with Gasteiger partial charge in [0.25, 0.3) is 5.70 Å². The summed E-state index contributed by atoms with van der Waals surface area (Å²) in [5.41, 5.74) is 6.14. The van der Waals surface area contributed by atoms with E-state index in [1.165, 1.54) is 12.1 Å². The van der Waals surface area contributed by atoms with Crippen LogP contribution in [-0.4, -0.2) is 32.9 Å². The van der Waals surface area contributed by atoms with Crippen LogP contribution < -0.4 is 15.2 Å². The Hall–Kier alpha value is -3.81. The summed E-state index contributed by atoms with van der Waals surface area (Å²) in [5, 5.41) is 0. The molecule has 0 saturated heterocycles. The fraction of sp³-hybridized carbons (Fsp3) is 0.278. The van der Waals surface area contributed by atoms with Gasteiger partial charge in [-0.1, -0.05) is 122 Å². The molecule has 2 N–H and O–H groups in total. The summed E-state index contributed by atoms with van der Waals surface area (Å²) in [5.74, 6) is -2.37. The highest BCUT2D eigenvalue weighted by Gasteiger charge is 2.43. The lowest BCUT2D eigenvalue weighted by Gasteiger charge is -2.19. The summed E-state index contributed by atoms with van der Waals surface area (Å²) in [7, 11) is -4.39. The summed E-state index contributed by atoms with van der Waals surface area (Å²) in [6.07, 6.45) is 2.86. The number of rotatable bonds is 14. The average Bonchev–Trinajstić information content (AvgIpc) is 3.75. The lowest BCUT2D eigenvalue weighted by atomic mass is 10.00. The van der Waals surface area contributed by atoms with E-state index in [1.807, 2.05) is 44.2 Å². The number of sulfone groups is 1. The Morgan fingerprint density at radius 1 is 0.843 bits per heavy atom. The van der Waals surface area contributed by atoms with Gasteiger partial charge in [0.1, 0.15) is 12.4 Å². The first kappa shape index (κ1) is 38.4. The normalized spacial score (nSPS) is 16.0. The Balaban J connectivity index is 1.76. The zero-order valence-electron chi connectivity index (χ0n) is 27.9. The molecule has 0 fully saturated rings. The van der Waals surface area contributed by atoms with Crippen LogP contribution in [0.1, 0.15) is 52.0 Å². The highest BCUT2D eigenvalue weighted by molar-refractivity contribution is 8.26. The molecule has 0 aliphatic carbocycles. The summed E-state index contributed by atoms with van der Waals surface area (Å²) >= 11 is 4.10. The number of nitrogens with zero attached hydrogens (tertiary/aromatic N) is 1. The molecule has 5 rings (SSSR count). The number of amides is 1. The van der Waals surface area contributed by atoms with Crippen molar-refractivity contribution in [2.24, 2.45) is 11.7 Å². The number of ether oxygens (including phenoxy) is 3. The monoisotopic (exact) mass is 782 g/mol. The van der Waals surface area contributed by atoms with Gasteiger partial charge in [0, 0.05) is 0 Å². The molecule has 1 unspecified atom stereocenters. The van der Waals surface area contributed by atoms with E-state index in [-0.39, 0.29) is 33.8 Å². The van der Waals surface area contributed by atoms with E-state index in [0.29, 0.717) is 42.4 Å². The zero-order valence-corrected chi connectivity index (χ0v) is 32.0. The van der Waals surface area contributed by atoms with Crippen LogP contribution in [0.15, 0.2) is 104 Å². The Bertz CT molecular complexity index is 2060. The number of nitrogens with two attached hydrogens (primary N) is 1. The highest BCUT2D eigenvalue weighted by atomic mass is 32.2. The van der Waals surface area contributed by atoms with Crippen LogP contribution in [0.2, 0.25) is 0 Å². The minimum absolute atomic E-state index is 0.0629. The number of hydrogen-bond acceptors (Lipinski definition) is 12. The number of primary amides is 1. The standard InChI is InChI=1S/C36H34N2O8S5/c1-5-8-17-22(6-2)33(40)46-26-29-27(47-35(48-29)24(38-4)32(37)39)25(45-20-21-15-11-9-12-16-21)28-30(26)50-36(49-28)31(34(41)44-7-3)51(42,43)23-18-13-10-14-19-23/h9-16,18-19,22H,5-8,17,20H2,1-3H3,(H2,37,39). The fourth-order valence-corrected chi connectivity index (χ4v) is 12.5. The van der Waals surface area contributed by atoms with Crippen LogP contribution >= 0.6 is 47.0 Å². The molecule has 1 amide bonds. The molecule has 2 heterocycles. The first-order chi connectivity index (χ1) is 24.5. The van der Waals surface area contributed by atoms with E-state index in [0.717, 1.165) is 65.5 Å². The van der Waals surface area contributed by atoms with Crippen LogP contribution in [0.4, 0.5) is 0 Å². The largest absolute Gasteiger partial charge is 0.486 e. The topological polar surface area (TPSA) is 143 Å².